The van der Waals surface area contributed by atoms with E-state index in [0.29, 0.717) is 0 Å². The molecule has 1 heterocycles. The summed E-state index contributed by atoms with van der Waals surface area (Å²) in [5.41, 5.74) is -1.04. The third-order valence-corrected chi connectivity index (χ3v) is 4.17. The van der Waals surface area contributed by atoms with Gasteiger partial charge in [0.15, 0.2) is 0 Å². The standard InChI is InChI=1S/C18H21ClF4N2O2/c1-5-11(7-6-10(2)20)15-14(19)12(16(3,4)26)8-13(25-15)17(27,9-24)18(21,22)23/h5-8,26-27H,1,9,24H2,2-4H3/b10-6+,11-7+. The minimum absolute atomic E-state index is 0.0888. The molecule has 1 aromatic rings. The number of hydrogen-bond donors (Lipinski definition) is 3. The van der Waals surface area contributed by atoms with Crippen LogP contribution in [0.3, 0.4) is 0 Å². The molecule has 1 aromatic heterocycles. The van der Waals surface area contributed by atoms with Crippen LogP contribution in [0, 0.1) is 0 Å². The fraction of sp³-hybridized carbons (Fsp3) is 0.389. The van der Waals surface area contributed by atoms with Gasteiger partial charge in [-0.3, -0.25) is 0 Å². The van der Waals surface area contributed by atoms with Crippen molar-refractivity contribution in [3.8, 4) is 0 Å². The maximum atomic E-state index is 13.4. The van der Waals surface area contributed by atoms with Crippen LogP contribution >= 0.6 is 11.6 Å². The Bertz CT molecular complexity index is 779. The van der Waals surface area contributed by atoms with E-state index in [4.69, 9.17) is 17.3 Å². The SMILES string of the molecule is C=C/C(=C\C=C(/C)F)c1nc(C(O)(CN)C(F)(F)F)cc(C(C)(C)O)c1Cl. The molecule has 0 radical (unpaired) electrons. The van der Waals surface area contributed by atoms with E-state index >= 15 is 0 Å². The molecule has 4 nitrogen and oxygen atoms in total. The lowest BCUT2D eigenvalue weighted by molar-refractivity contribution is -0.263. The fourth-order valence-corrected chi connectivity index (χ4v) is 2.63. The molecule has 1 unspecified atom stereocenters. The highest BCUT2D eigenvalue weighted by Crippen LogP contribution is 2.41. The number of pyridine rings is 1. The van der Waals surface area contributed by atoms with Crippen LogP contribution < -0.4 is 5.73 Å². The highest BCUT2D eigenvalue weighted by molar-refractivity contribution is 6.33. The molecule has 0 aliphatic rings. The minimum atomic E-state index is -5.13. The molecule has 0 fully saturated rings. The van der Waals surface area contributed by atoms with Crippen molar-refractivity contribution in [2.24, 2.45) is 5.73 Å². The van der Waals surface area contributed by atoms with Crippen molar-refractivity contribution in [3.63, 3.8) is 0 Å². The van der Waals surface area contributed by atoms with Gasteiger partial charge in [0.2, 0.25) is 5.60 Å². The Balaban J connectivity index is 3.93. The lowest BCUT2D eigenvalue weighted by Gasteiger charge is -2.31. The molecule has 1 atom stereocenters. The maximum absolute atomic E-state index is 13.4. The summed E-state index contributed by atoms with van der Waals surface area (Å²) in [5, 5.41) is 20.3. The predicted octanol–water partition coefficient (Wildman–Crippen LogP) is 4.11. The highest BCUT2D eigenvalue weighted by atomic mass is 35.5. The van der Waals surface area contributed by atoms with Gasteiger partial charge in [-0.05, 0) is 32.9 Å². The van der Waals surface area contributed by atoms with E-state index in [2.05, 4.69) is 11.6 Å². The van der Waals surface area contributed by atoms with Gasteiger partial charge in [0.05, 0.1) is 27.8 Å². The number of allylic oxidation sites excluding steroid dienone is 5. The van der Waals surface area contributed by atoms with Gasteiger partial charge in [-0.1, -0.05) is 30.3 Å². The molecule has 1 rings (SSSR count). The molecular formula is C18H21ClF4N2O2. The smallest absolute Gasteiger partial charge is 0.386 e. The average Bonchev–Trinajstić information content (AvgIpc) is 2.53. The molecule has 0 saturated carbocycles. The second-order valence-electron chi connectivity index (χ2n) is 6.42. The molecule has 4 N–H and O–H groups in total. The summed E-state index contributed by atoms with van der Waals surface area (Å²) in [5.74, 6) is -0.571. The van der Waals surface area contributed by atoms with Crippen molar-refractivity contribution in [2.75, 3.05) is 6.54 Å². The van der Waals surface area contributed by atoms with Crippen LogP contribution in [0.15, 0.2) is 36.7 Å². The molecule has 0 aliphatic carbocycles. The van der Waals surface area contributed by atoms with E-state index in [0.717, 1.165) is 12.1 Å². The number of halogens is 5. The molecule has 27 heavy (non-hydrogen) atoms. The van der Waals surface area contributed by atoms with E-state index in [1.807, 2.05) is 0 Å². The molecule has 0 saturated heterocycles. The Hall–Kier alpha value is -1.74. The number of rotatable bonds is 6. The Morgan fingerprint density at radius 2 is 1.85 bits per heavy atom. The first-order valence-corrected chi connectivity index (χ1v) is 8.16. The summed E-state index contributed by atoms with van der Waals surface area (Å²) in [6.45, 7) is 6.10. The van der Waals surface area contributed by atoms with Crippen molar-refractivity contribution in [1.29, 1.82) is 0 Å². The summed E-state index contributed by atoms with van der Waals surface area (Å²) in [7, 11) is 0. The Kier molecular flexibility index (Phi) is 6.99. The van der Waals surface area contributed by atoms with Gasteiger partial charge in [-0.15, -0.1) is 0 Å². The maximum Gasteiger partial charge on any atom is 0.424 e. The van der Waals surface area contributed by atoms with E-state index in [1.54, 1.807) is 0 Å². The normalized spacial score (nSPS) is 16.3. The van der Waals surface area contributed by atoms with Gasteiger partial charge in [0.25, 0.3) is 0 Å². The van der Waals surface area contributed by atoms with Gasteiger partial charge < -0.3 is 15.9 Å². The van der Waals surface area contributed by atoms with Crippen molar-refractivity contribution in [3.05, 3.63) is 58.7 Å². The number of alkyl halides is 3. The summed E-state index contributed by atoms with van der Waals surface area (Å²) in [4.78, 5) is 3.82. The number of nitrogens with zero attached hydrogens (tertiary/aromatic N) is 1. The van der Waals surface area contributed by atoms with Crippen LogP contribution in [-0.2, 0) is 11.2 Å². The van der Waals surface area contributed by atoms with Crippen molar-refractivity contribution < 1.29 is 27.8 Å². The Morgan fingerprint density at radius 1 is 1.30 bits per heavy atom. The molecule has 150 valence electrons. The first kappa shape index (κ1) is 23.3. The van der Waals surface area contributed by atoms with E-state index < -0.39 is 35.4 Å². The van der Waals surface area contributed by atoms with Gasteiger partial charge in [-0.2, -0.15) is 13.2 Å². The summed E-state index contributed by atoms with van der Waals surface area (Å²) in [6.07, 6.45) is -1.67. The van der Waals surface area contributed by atoms with Gasteiger partial charge in [-0.25, -0.2) is 9.37 Å². The zero-order valence-corrected chi connectivity index (χ0v) is 15.8. The van der Waals surface area contributed by atoms with E-state index in [-0.39, 0.29) is 21.9 Å². The molecule has 0 aromatic carbocycles. The molecule has 0 spiro atoms. The largest absolute Gasteiger partial charge is 0.424 e. The van der Waals surface area contributed by atoms with Crippen LogP contribution in [0.2, 0.25) is 5.02 Å². The second kappa shape index (κ2) is 8.10. The topological polar surface area (TPSA) is 79.4 Å². The summed E-state index contributed by atoms with van der Waals surface area (Å²) < 4.78 is 53.3. The van der Waals surface area contributed by atoms with E-state index in [9.17, 15) is 27.8 Å². The molecule has 9 heteroatoms. The van der Waals surface area contributed by atoms with Crippen LogP contribution in [0.25, 0.3) is 5.57 Å². The lowest BCUT2D eigenvalue weighted by atomic mass is 9.90. The monoisotopic (exact) mass is 408 g/mol. The van der Waals surface area contributed by atoms with Crippen LogP contribution in [0.4, 0.5) is 17.6 Å². The molecule has 0 bridgehead atoms. The summed E-state index contributed by atoms with van der Waals surface area (Å²) >= 11 is 6.24. The lowest BCUT2D eigenvalue weighted by Crippen LogP contribution is -2.49. The molecule has 0 aliphatic heterocycles. The predicted molar refractivity (Wildman–Crippen MR) is 96.5 cm³/mol. The average molecular weight is 409 g/mol. The van der Waals surface area contributed by atoms with Crippen molar-refractivity contribution >= 4 is 17.2 Å². The number of nitrogens with two attached hydrogens (primary N) is 1. The number of aromatic nitrogens is 1. The van der Waals surface area contributed by atoms with Gasteiger partial charge >= 0.3 is 6.18 Å². The Labute approximate surface area is 159 Å². The number of hydrogen-bond acceptors (Lipinski definition) is 4. The first-order chi connectivity index (χ1) is 12.2. The quantitative estimate of drug-likeness (QED) is 0.489. The van der Waals surface area contributed by atoms with Crippen molar-refractivity contribution in [2.45, 2.75) is 38.1 Å². The van der Waals surface area contributed by atoms with Crippen LogP contribution in [0.1, 0.15) is 37.7 Å². The van der Waals surface area contributed by atoms with Gasteiger partial charge in [0, 0.05) is 17.7 Å². The van der Waals surface area contributed by atoms with Crippen LogP contribution in [-0.4, -0.2) is 27.9 Å². The third kappa shape index (κ3) is 4.95. The molecular weight excluding hydrogens is 388 g/mol. The van der Waals surface area contributed by atoms with E-state index in [1.165, 1.54) is 32.9 Å². The highest BCUT2D eigenvalue weighted by Gasteiger charge is 2.55. The second-order valence-corrected chi connectivity index (χ2v) is 6.80. The zero-order valence-electron chi connectivity index (χ0n) is 15.0. The van der Waals surface area contributed by atoms with Crippen LogP contribution in [0.5, 0.6) is 0 Å². The van der Waals surface area contributed by atoms with Gasteiger partial charge in [0.1, 0.15) is 0 Å². The summed E-state index contributed by atoms with van der Waals surface area (Å²) in [6, 6.07) is 0.850. The molecule has 0 amide bonds. The number of aliphatic hydroxyl groups is 2. The first-order valence-electron chi connectivity index (χ1n) is 7.79. The Morgan fingerprint density at radius 3 is 2.22 bits per heavy atom. The van der Waals surface area contributed by atoms with Crippen molar-refractivity contribution in [1.82, 2.24) is 4.98 Å². The minimum Gasteiger partial charge on any atom is -0.386 e. The third-order valence-electron chi connectivity index (χ3n) is 3.79. The fourth-order valence-electron chi connectivity index (χ4n) is 2.19. The zero-order chi connectivity index (χ0) is 21.2.